The van der Waals surface area contributed by atoms with E-state index in [4.69, 9.17) is 74.2 Å². The average molecular weight is 739 g/mol. The van der Waals surface area contributed by atoms with Gasteiger partial charge in [0, 0.05) is 42.3 Å². The zero-order chi connectivity index (χ0) is 31.3. The van der Waals surface area contributed by atoms with Gasteiger partial charge in [0.1, 0.15) is 11.0 Å². The van der Waals surface area contributed by atoms with Crippen LogP contribution in [0.25, 0.3) is 11.0 Å². The van der Waals surface area contributed by atoms with Gasteiger partial charge in [-0.3, -0.25) is 0 Å². The summed E-state index contributed by atoms with van der Waals surface area (Å²) < 4.78 is 75.2. The average Bonchev–Trinajstić information content (AvgIpc) is 3.02. The van der Waals surface area contributed by atoms with Crippen LogP contribution in [0.1, 0.15) is 0 Å². The number of rotatable bonds is 5. The monoisotopic (exact) mass is 736 g/mol. The maximum atomic E-state index is 10.5. The summed E-state index contributed by atoms with van der Waals surface area (Å²) in [5, 5.41) is 8.25. The molecule has 0 bridgehead atoms. The summed E-state index contributed by atoms with van der Waals surface area (Å²) >= 11 is 30.2. The van der Waals surface area contributed by atoms with E-state index in [1.807, 2.05) is 66.6 Å². The second-order valence-electron chi connectivity index (χ2n) is 7.39. The minimum atomic E-state index is -10.7. The molecule has 0 amide bonds. The largest absolute Gasteiger partial charge is 0.515 e. The molecule has 0 saturated carbocycles. The van der Waals surface area contributed by atoms with E-state index in [1.165, 1.54) is 4.85 Å². The van der Waals surface area contributed by atoms with Gasteiger partial charge in [-0.1, -0.05) is 12.1 Å². The Labute approximate surface area is 249 Å². The Morgan fingerprint density at radius 2 is 1.18 bits per heavy atom. The second-order valence-corrected chi connectivity index (χ2v) is 17.3. The van der Waals surface area contributed by atoms with Crippen LogP contribution < -0.4 is 4.62 Å². The van der Waals surface area contributed by atoms with Crippen molar-refractivity contribution in [3.63, 3.8) is 0 Å². The first-order chi connectivity index (χ1) is 16.9. The van der Waals surface area contributed by atoms with Crippen LogP contribution in [0.3, 0.4) is 0 Å². The molecule has 230 valence electrons. The Balaban J connectivity index is 0.000000646. The molecule has 0 spiro atoms. The Bertz CT molecular complexity index is 1050. The number of aromatic nitrogens is 3. The summed E-state index contributed by atoms with van der Waals surface area (Å²) in [6, 6.07) is 7.76. The summed E-state index contributed by atoms with van der Waals surface area (Å²) in [4.78, 5) is 12.0. The molecule has 0 atom stereocenters. The number of nitrogens with zero attached hydrogens (tertiary/aromatic N) is 6. The number of carbonyl (C=O) groups excluding carboxylic acids is 1. The molecule has 0 aliphatic carbocycles. The van der Waals surface area contributed by atoms with Gasteiger partial charge < -0.3 is 9.47 Å². The number of hydrogen-bond donors (Lipinski definition) is 0. The number of para-hydroxylation sites is 1. The molecule has 10 nitrogen and oxygen atoms in total. The number of fused-ring (bicyclic) bond motifs is 1. The van der Waals surface area contributed by atoms with E-state index in [0.29, 0.717) is 0 Å². The van der Waals surface area contributed by atoms with Crippen molar-refractivity contribution in [2.75, 3.05) is 42.3 Å². The molecule has 0 radical (unpaired) electrons. The molecule has 0 N–H and O–H groups in total. The fraction of sp³-hybridized carbons (Fsp3) is 0.533. The zero-order valence-corrected chi connectivity index (χ0v) is 26.9. The molecule has 24 heteroatoms. The summed E-state index contributed by atoms with van der Waals surface area (Å²) in [7, 11) is -0.761. The first-order valence-corrected chi connectivity index (χ1v) is 15.4. The quantitative estimate of drug-likeness (QED) is 0.130. The minimum absolute atomic E-state index is 0.821. The van der Waals surface area contributed by atoms with E-state index >= 15 is 0 Å². The predicted molar refractivity (Wildman–Crippen MR) is 144 cm³/mol. The first kappa shape index (κ1) is 38.8. The maximum absolute atomic E-state index is 10.7. The van der Waals surface area contributed by atoms with E-state index in [0.717, 1.165) is 11.0 Å². The Hall–Kier alpha value is -0.250. The Morgan fingerprint density at radius 1 is 0.821 bits per heavy atom. The van der Waals surface area contributed by atoms with Crippen molar-refractivity contribution in [1.29, 1.82) is 0 Å². The third-order valence-electron chi connectivity index (χ3n) is 3.47. The van der Waals surface area contributed by atoms with Crippen LogP contribution in [0.15, 0.2) is 24.3 Å². The summed E-state index contributed by atoms with van der Waals surface area (Å²) in [5.74, 6) is 0. The van der Waals surface area contributed by atoms with Crippen LogP contribution in [0.2, 0.25) is 0 Å². The van der Waals surface area contributed by atoms with Crippen LogP contribution >= 0.6 is 85.4 Å². The van der Waals surface area contributed by atoms with Gasteiger partial charge in [0.25, 0.3) is 0 Å². The SMILES string of the molecule is CN(C)[P+](On1nnc2ccccc21)(N(C)C)N(C)C.F[P-](F)(F)(F)(F)F.O=C(OC(Cl)(Cl)Cl)OC(Cl)(Cl)Cl. The third-order valence-corrected chi connectivity index (χ3v) is 7.43. The minimum Gasteiger partial charge on any atom is -0.382 e. The summed E-state index contributed by atoms with van der Waals surface area (Å²) in [6.45, 7) is 0. The van der Waals surface area contributed by atoms with E-state index in [1.54, 1.807) is 0 Å². The Kier molecular flexibility index (Phi) is 12.9. The normalized spacial score (nSPS) is 14.6. The number of ether oxygens (including phenoxy) is 2. The van der Waals surface area contributed by atoms with Gasteiger partial charge in [-0.25, -0.2) is 4.79 Å². The zero-order valence-electron chi connectivity index (χ0n) is 20.6. The number of alkyl halides is 6. The molecule has 1 aromatic heterocycles. The van der Waals surface area contributed by atoms with Gasteiger partial charge in [-0.2, -0.15) is 4.62 Å². The number of carbonyl (C=O) groups is 1. The second kappa shape index (κ2) is 12.9. The molecular weight excluding hydrogens is 717 g/mol. The number of hydrogen-bond acceptors (Lipinski definition) is 9. The molecular formula is C15H22Cl6F6N6O4P2. The fourth-order valence-corrected chi connectivity index (χ4v) is 5.80. The van der Waals surface area contributed by atoms with Crippen molar-refractivity contribution >= 4 is 103 Å². The van der Waals surface area contributed by atoms with Gasteiger partial charge in [0.2, 0.25) is 0 Å². The number of halogens is 12. The van der Waals surface area contributed by atoms with Crippen molar-refractivity contribution in [2.24, 2.45) is 0 Å². The fourth-order valence-electron chi connectivity index (χ4n) is 2.51. The van der Waals surface area contributed by atoms with E-state index in [-0.39, 0.29) is 0 Å². The van der Waals surface area contributed by atoms with Gasteiger partial charge in [0.15, 0.2) is 0 Å². The van der Waals surface area contributed by atoms with Crippen LogP contribution in [0.5, 0.6) is 0 Å². The molecule has 39 heavy (non-hydrogen) atoms. The molecule has 1 aromatic carbocycles. The third kappa shape index (κ3) is 17.3. The molecule has 0 aliphatic heterocycles. The van der Waals surface area contributed by atoms with Gasteiger partial charge >= 0.3 is 55.0 Å². The van der Waals surface area contributed by atoms with E-state index in [9.17, 15) is 30.0 Å². The van der Waals surface area contributed by atoms with Gasteiger partial charge in [0.05, 0.1) is 0 Å². The van der Waals surface area contributed by atoms with Crippen molar-refractivity contribution < 1.29 is 44.1 Å². The van der Waals surface area contributed by atoms with Crippen molar-refractivity contribution in [3.8, 4) is 0 Å². The standard InChI is InChI=1S/C12H22N6OP.C3Cl6O3.F6P/c1-15(2)20(16(3)4,17(5)6)19-18-12-10-8-7-9-11(12)13-14-18;4-2(5,6)11-1(10)12-3(7,8)9;1-7(2,3,4,5)6/h7-10H,1-6H3;;/q+1;;-1. The van der Waals surface area contributed by atoms with E-state index in [2.05, 4.69) is 33.8 Å². The smallest absolute Gasteiger partial charge is 0.382 e. The molecule has 0 fully saturated rings. The molecule has 0 saturated heterocycles. The van der Waals surface area contributed by atoms with Crippen molar-refractivity contribution in [3.05, 3.63) is 24.3 Å². The summed E-state index contributed by atoms with van der Waals surface area (Å²) in [5.41, 5.74) is 1.68. The summed E-state index contributed by atoms with van der Waals surface area (Å²) in [6.07, 6.45) is -1.41. The van der Waals surface area contributed by atoms with Crippen molar-refractivity contribution in [2.45, 2.75) is 7.96 Å². The predicted octanol–water partition coefficient (Wildman–Crippen LogP) is 8.40. The molecule has 2 aromatic rings. The van der Waals surface area contributed by atoms with Crippen LogP contribution in [-0.4, -0.2) is 85.6 Å². The van der Waals surface area contributed by atoms with Crippen LogP contribution in [0.4, 0.5) is 30.0 Å². The topological polar surface area (TPSA) is 85.2 Å². The number of benzene rings is 1. The van der Waals surface area contributed by atoms with Gasteiger partial charge in [-0.15, -0.1) is 19.1 Å². The van der Waals surface area contributed by atoms with E-state index < -0.39 is 29.9 Å². The molecule has 2 rings (SSSR count). The molecule has 0 aliphatic rings. The van der Waals surface area contributed by atoms with Crippen molar-refractivity contribution in [1.82, 2.24) is 29.2 Å². The van der Waals surface area contributed by atoms with Gasteiger partial charge in [-0.05, 0) is 91.8 Å². The van der Waals surface area contributed by atoms with Crippen LogP contribution in [0, 0.1) is 0 Å². The van der Waals surface area contributed by atoms with Crippen LogP contribution in [-0.2, 0) is 9.47 Å². The Morgan fingerprint density at radius 3 is 1.51 bits per heavy atom. The maximum Gasteiger partial charge on any atom is 0.515 e. The molecule has 0 unspecified atom stereocenters. The first-order valence-electron chi connectivity index (χ1n) is 9.49. The molecule has 1 heterocycles.